The number of carbonyl (C=O) groups excluding carboxylic acids is 1. The van der Waals surface area contributed by atoms with Gasteiger partial charge in [0.15, 0.2) is 11.5 Å². The number of hydrogen-bond acceptors (Lipinski definition) is 7. The molecule has 0 aliphatic carbocycles. The smallest absolute Gasteiger partial charge is 0.413 e. The molecule has 1 atom stereocenters. The highest BCUT2D eigenvalue weighted by Crippen LogP contribution is 2.29. The number of nitrogens with zero attached hydrogens (tertiary/aromatic N) is 4. The maximum absolute atomic E-state index is 14.0. The van der Waals surface area contributed by atoms with Gasteiger partial charge in [0.05, 0.1) is 28.9 Å². The number of rotatable bonds is 6. The molecule has 3 rings (SSSR count). The van der Waals surface area contributed by atoms with Gasteiger partial charge in [-0.15, -0.1) is 5.10 Å². The first kappa shape index (κ1) is 22.4. The summed E-state index contributed by atoms with van der Waals surface area (Å²) in [6.07, 6.45) is 0.480. The second-order valence-corrected chi connectivity index (χ2v) is 8.68. The van der Waals surface area contributed by atoms with Crippen molar-refractivity contribution in [3.8, 4) is 11.4 Å². The predicted octanol–water partition coefficient (Wildman–Crippen LogP) is 3.35. The lowest BCUT2D eigenvalue weighted by Crippen LogP contribution is -2.19. The third-order valence-corrected chi connectivity index (χ3v) is 4.98. The second kappa shape index (κ2) is 8.86. The first-order valence-electron chi connectivity index (χ1n) is 8.80. The Kier molecular flexibility index (Phi) is 6.41. The Balaban J connectivity index is 1.77. The zero-order valence-electron chi connectivity index (χ0n) is 16.6. The van der Waals surface area contributed by atoms with E-state index in [4.69, 9.17) is 16.3 Å². The Morgan fingerprint density at radius 2 is 2.03 bits per heavy atom. The summed E-state index contributed by atoms with van der Waals surface area (Å²) < 4.78 is 45.5. The molecule has 2 aromatic heterocycles. The largest absolute Gasteiger partial charge is 0.441 e. The molecule has 0 saturated carbocycles. The summed E-state index contributed by atoms with van der Waals surface area (Å²) >= 11 is 6.01. The van der Waals surface area contributed by atoms with Crippen LogP contribution in [-0.4, -0.2) is 40.7 Å². The summed E-state index contributed by atoms with van der Waals surface area (Å²) in [7, 11) is -1.90. The van der Waals surface area contributed by atoms with E-state index >= 15 is 0 Å². The van der Waals surface area contributed by atoms with Gasteiger partial charge in [-0.3, -0.25) is 15.0 Å². The predicted molar refractivity (Wildman–Crippen MR) is 113 cm³/mol. The van der Waals surface area contributed by atoms with E-state index < -0.39 is 28.0 Å². The Morgan fingerprint density at radius 1 is 1.29 bits per heavy atom. The van der Waals surface area contributed by atoms with Gasteiger partial charge in [0.1, 0.15) is 11.9 Å². The van der Waals surface area contributed by atoms with Gasteiger partial charge in [0.25, 0.3) is 0 Å². The molecule has 0 aliphatic heterocycles. The van der Waals surface area contributed by atoms with Crippen LogP contribution in [0, 0.1) is 5.82 Å². The number of nitrogens with one attached hydrogen (secondary N) is 2. The minimum Gasteiger partial charge on any atom is -0.441 e. The van der Waals surface area contributed by atoms with Gasteiger partial charge >= 0.3 is 6.09 Å². The van der Waals surface area contributed by atoms with Crippen LogP contribution < -0.4 is 10.0 Å². The topological polar surface area (TPSA) is 128 Å². The number of aromatic nitrogens is 4. The third-order valence-electron chi connectivity index (χ3n) is 4.05. The highest BCUT2D eigenvalue weighted by atomic mass is 35.5. The van der Waals surface area contributed by atoms with Crippen molar-refractivity contribution >= 4 is 39.2 Å². The van der Waals surface area contributed by atoms with Gasteiger partial charge in [-0.1, -0.05) is 22.9 Å². The molecule has 0 aliphatic rings. The lowest BCUT2D eigenvalue weighted by Gasteiger charge is -2.16. The molecule has 0 bridgehead atoms. The monoisotopic (exact) mass is 468 g/mol. The molecular formula is C18H18ClFN6O4S. The highest BCUT2D eigenvalue weighted by molar-refractivity contribution is 7.92. The zero-order chi connectivity index (χ0) is 22.8. The normalized spacial score (nSPS) is 12.3. The number of sulfonamides is 1. The molecule has 3 aromatic rings. The second-order valence-electron chi connectivity index (χ2n) is 6.52. The number of anilines is 2. The summed E-state index contributed by atoms with van der Waals surface area (Å²) in [4.78, 5) is 16.5. The van der Waals surface area contributed by atoms with E-state index in [0.717, 1.165) is 6.26 Å². The zero-order valence-corrected chi connectivity index (χ0v) is 18.2. The first-order chi connectivity index (χ1) is 14.5. The summed E-state index contributed by atoms with van der Waals surface area (Å²) in [6, 6.07) is 7.16. The fourth-order valence-electron chi connectivity index (χ4n) is 2.72. The van der Waals surface area contributed by atoms with E-state index in [-0.39, 0.29) is 27.8 Å². The number of ether oxygens (including phenoxy) is 1. The Hall–Kier alpha value is -3.25. The molecule has 1 amide bonds. The van der Waals surface area contributed by atoms with Crippen LogP contribution in [0.2, 0.25) is 5.02 Å². The van der Waals surface area contributed by atoms with E-state index in [2.05, 4.69) is 25.3 Å². The van der Waals surface area contributed by atoms with Crippen LogP contribution in [0.25, 0.3) is 11.4 Å². The fraction of sp³-hybridized carbons (Fsp3) is 0.222. The van der Waals surface area contributed by atoms with Crippen molar-refractivity contribution in [2.45, 2.75) is 13.0 Å². The number of halogens is 2. The fourth-order valence-corrected chi connectivity index (χ4v) is 3.59. The molecule has 0 radical (unpaired) electrons. The molecule has 1 unspecified atom stereocenters. The van der Waals surface area contributed by atoms with E-state index in [9.17, 15) is 17.6 Å². The van der Waals surface area contributed by atoms with Crippen molar-refractivity contribution in [1.82, 2.24) is 20.0 Å². The van der Waals surface area contributed by atoms with Crippen molar-refractivity contribution in [3.63, 3.8) is 0 Å². The van der Waals surface area contributed by atoms with Gasteiger partial charge in [-0.2, -0.15) is 0 Å². The van der Waals surface area contributed by atoms with Crippen molar-refractivity contribution in [3.05, 3.63) is 52.9 Å². The van der Waals surface area contributed by atoms with Crippen LogP contribution in [0.15, 0.2) is 36.5 Å². The number of hydrogen-bond donors (Lipinski definition) is 2. The van der Waals surface area contributed by atoms with Crippen LogP contribution >= 0.6 is 11.6 Å². The van der Waals surface area contributed by atoms with Crippen LogP contribution in [-0.2, 0) is 21.8 Å². The van der Waals surface area contributed by atoms with Crippen LogP contribution in [0.3, 0.4) is 0 Å². The third kappa shape index (κ3) is 5.47. The lowest BCUT2D eigenvalue weighted by atomic mass is 10.1. The first-order valence-corrected chi connectivity index (χ1v) is 11.1. The van der Waals surface area contributed by atoms with E-state index in [0.29, 0.717) is 5.69 Å². The molecule has 13 heteroatoms. The Morgan fingerprint density at radius 3 is 2.65 bits per heavy atom. The summed E-state index contributed by atoms with van der Waals surface area (Å²) in [5.74, 6) is -0.421. The Bertz CT molecular complexity index is 1200. The van der Waals surface area contributed by atoms with Gasteiger partial charge in [0.2, 0.25) is 10.0 Å². The maximum atomic E-state index is 14.0. The lowest BCUT2D eigenvalue weighted by molar-refractivity contribution is 0.119. The maximum Gasteiger partial charge on any atom is 0.413 e. The van der Waals surface area contributed by atoms with E-state index in [1.54, 1.807) is 7.05 Å². The van der Waals surface area contributed by atoms with Crippen LogP contribution in [0.4, 0.5) is 20.7 Å². The van der Waals surface area contributed by atoms with Gasteiger partial charge in [-0.05, 0) is 31.2 Å². The van der Waals surface area contributed by atoms with E-state index in [1.165, 1.54) is 48.1 Å². The minimum atomic E-state index is -3.45. The molecule has 0 spiro atoms. The summed E-state index contributed by atoms with van der Waals surface area (Å²) in [5.41, 5.74) is 0.868. The average molecular weight is 469 g/mol. The molecule has 31 heavy (non-hydrogen) atoms. The SMILES string of the molecule is CC(OC(=O)Nc1c(-c2ccc(NS(C)(=O)=O)cn2)nnn1C)c1c(F)cccc1Cl. The van der Waals surface area contributed by atoms with Crippen molar-refractivity contribution in [1.29, 1.82) is 0 Å². The number of benzene rings is 1. The molecular weight excluding hydrogens is 451 g/mol. The standard InChI is InChI=1S/C18H18ClFN6O4S/c1-10(15-12(19)5-4-6-13(15)20)30-18(27)22-17-16(23-25-26(17)2)14-8-7-11(9-21-14)24-31(3,28)29/h4-10,24H,1-3H3,(H,22,27). The molecule has 2 heterocycles. The van der Waals surface area contributed by atoms with Crippen LogP contribution in [0.1, 0.15) is 18.6 Å². The number of aryl methyl sites for hydroxylation is 1. The molecule has 0 saturated heterocycles. The quantitative estimate of drug-likeness (QED) is 0.567. The van der Waals surface area contributed by atoms with Crippen molar-refractivity contribution < 1.29 is 22.3 Å². The van der Waals surface area contributed by atoms with Crippen LogP contribution in [0.5, 0.6) is 0 Å². The average Bonchev–Trinajstić information content (AvgIpc) is 3.01. The number of carbonyl (C=O) groups is 1. The summed E-state index contributed by atoms with van der Waals surface area (Å²) in [5, 5.41) is 10.5. The van der Waals surface area contributed by atoms with Gasteiger partial charge in [0, 0.05) is 12.6 Å². The summed E-state index contributed by atoms with van der Waals surface area (Å²) in [6.45, 7) is 1.49. The van der Waals surface area contributed by atoms with Crippen molar-refractivity contribution in [2.24, 2.45) is 7.05 Å². The molecule has 1 aromatic carbocycles. The molecule has 10 nitrogen and oxygen atoms in total. The molecule has 2 N–H and O–H groups in total. The Labute approximate surface area is 182 Å². The minimum absolute atomic E-state index is 0.0540. The van der Waals surface area contributed by atoms with Gasteiger partial charge in [-0.25, -0.2) is 22.3 Å². The number of pyridine rings is 1. The van der Waals surface area contributed by atoms with Crippen molar-refractivity contribution in [2.75, 3.05) is 16.3 Å². The van der Waals surface area contributed by atoms with E-state index in [1.807, 2.05) is 0 Å². The molecule has 0 fully saturated rings. The number of amides is 1. The molecule has 164 valence electrons. The highest BCUT2D eigenvalue weighted by Gasteiger charge is 2.22. The van der Waals surface area contributed by atoms with Gasteiger partial charge < -0.3 is 4.74 Å².